The first-order chi connectivity index (χ1) is 15.1. The van der Waals surface area contributed by atoms with Gasteiger partial charge in [0.15, 0.2) is 10.6 Å². The molecule has 0 aliphatic carbocycles. The first kappa shape index (κ1) is 19.8. The van der Waals surface area contributed by atoms with Gasteiger partial charge in [-0.3, -0.25) is 14.5 Å². The van der Waals surface area contributed by atoms with Crippen molar-refractivity contribution in [2.45, 2.75) is 19.4 Å². The first-order valence-corrected chi connectivity index (χ1v) is 11.1. The van der Waals surface area contributed by atoms with Gasteiger partial charge in [0.05, 0.1) is 23.6 Å². The highest BCUT2D eigenvalue weighted by molar-refractivity contribution is 7.13. The van der Waals surface area contributed by atoms with Crippen LogP contribution >= 0.6 is 22.9 Å². The van der Waals surface area contributed by atoms with Crippen molar-refractivity contribution in [2.24, 2.45) is 0 Å². The van der Waals surface area contributed by atoms with Crippen LogP contribution in [0, 0.1) is 0 Å². The summed E-state index contributed by atoms with van der Waals surface area (Å²) in [4.78, 5) is 32.8. The maximum atomic E-state index is 13.5. The van der Waals surface area contributed by atoms with Gasteiger partial charge in [-0.05, 0) is 42.3 Å². The molecule has 1 aliphatic heterocycles. The fraction of sp³-hybridized carbons (Fsp3) is 0.174. The molecular weight excluding hydrogens is 436 g/mol. The Bertz CT molecular complexity index is 1350. The maximum absolute atomic E-state index is 13.5. The molecular formula is C23H17ClN2O4S. The number of fused-ring (bicyclic) bond motifs is 2. The Labute approximate surface area is 186 Å². The largest absolute Gasteiger partial charge is 0.494 e. The monoisotopic (exact) mass is 452 g/mol. The lowest BCUT2D eigenvalue weighted by Gasteiger charge is -2.23. The predicted molar refractivity (Wildman–Crippen MR) is 120 cm³/mol. The summed E-state index contributed by atoms with van der Waals surface area (Å²) in [6.45, 7) is 2.60. The van der Waals surface area contributed by atoms with Crippen LogP contribution in [0.5, 0.6) is 5.75 Å². The van der Waals surface area contributed by atoms with E-state index in [4.69, 9.17) is 20.8 Å². The van der Waals surface area contributed by atoms with Crippen LogP contribution in [0.1, 0.15) is 41.1 Å². The molecule has 8 heteroatoms. The van der Waals surface area contributed by atoms with Gasteiger partial charge in [0, 0.05) is 16.6 Å². The second-order valence-corrected chi connectivity index (χ2v) is 8.44. The van der Waals surface area contributed by atoms with Crippen molar-refractivity contribution in [3.8, 4) is 5.75 Å². The molecule has 6 nitrogen and oxygen atoms in total. The molecule has 5 rings (SSSR count). The van der Waals surface area contributed by atoms with E-state index in [2.05, 4.69) is 4.98 Å². The minimum Gasteiger partial charge on any atom is -0.494 e. The molecule has 4 aromatic rings. The zero-order chi connectivity index (χ0) is 21.5. The van der Waals surface area contributed by atoms with E-state index >= 15 is 0 Å². The Balaban J connectivity index is 1.75. The Morgan fingerprint density at radius 3 is 2.87 bits per heavy atom. The molecule has 1 unspecified atom stereocenters. The summed E-state index contributed by atoms with van der Waals surface area (Å²) in [6, 6.07) is 11.5. The number of nitrogens with zero attached hydrogens (tertiary/aromatic N) is 2. The van der Waals surface area contributed by atoms with Gasteiger partial charge in [-0.2, -0.15) is 0 Å². The van der Waals surface area contributed by atoms with Crippen LogP contribution < -0.4 is 15.1 Å². The average molecular weight is 453 g/mol. The number of rotatable bonds is 5. The molecule has 0 N–H and O–H groups in total. The van der Waals surface area contributed by atoms with Crippen LogP contribution in [0.25, 0.3) is 11.0 Å². The third-order valence-electron chi connectivity index (χ3n) is 5.10. The van der Waals surface area contributed by atoms with E-state index in [9.17, 15) is 9.59 Å². The summed E-state index contributed by atoms with van der Waals surface area (Å²) in [7, 11) is 0. The Morgan fingerprint density at radius 1 is 1.23 bits per heavy atom. The van der Waals surface area contributed by atoms with E-state index in [1.54, 1.807) is 29.8 Å². The number of aromatic nitrogens is 1. The maximum Gasteiger partial charge on any atom is 0.297 e. The molecule has 0 radical (unpaired) electrons. The number of anilines is 1. The number of ether oxygens (including phenoxy) is 1. The molecule has 156 valence electrons. The van der Waals surface area contributed by atoms with Gasteiger partial charge in [-0.1, -0.05) is 30.7 Å². The third-order valence-corrected chi connectivity index (χ3v) is 6.11. The molecule has 1 atom stereocenters. The van der Waals surface area contributed by atoms with E-state index in [1.807, 2.05) is 31.2 Å². The van der Waals surface area contributed by atoms with Crippen molar-refractivity contribution in [1.29, 1.82) is 0 Å². The molecule has 2 aromatic carbocycles. The highest BCUT2D eigenvalue weighted by Gasteiger charge is 2.44. The molecule has 1 amide bonds. The highest BCUT2D eigenvalue weighted by atomic mass is 35.5. The number of hydrogen-bond donors (Lipinski definition) is 0. The van der Waals surface area contributed by atoms with Crippen molar-refractivity contribution >= 4 is 44.9 Å². The minimum absolute atomic E-state index is 0.0277. The lowest BCUT2D eigenvalue weighted by molar-refractivity contribution is 0.0971. The minimum atomic E-state index is -0.682. The molecule has 3 heterocycles. The lowest BCUT2D eigenvalue weighted by Crippen LogP contribution is -2.29. The van der Waals surface area contributed by atoms with E-state index in [0.29, 0.717) is 33.5 Å². The summed E-state index contributed by atoms with van der Waals surface area (Å²) in [5.74, 6) is 0.302. The van der Waals surface area contributed by atoms with E-state index in [1.165, 1.54) is 16.2 Å². The zero-order valence-corrected chi connectivity index (χ0v) is 18.1. The van der Waals surface area contributed by atoms with Gasteiger partial charge in [-0.15, -0.1) is 11.3 Å². The summed E-state index contributed by atoms with van der Waals surface area (Å²) in [5.41, 5.74) is 1.06. The van der Waals surface area contributed by atoms with Crippen LogP contribution in [-0.2, 0) is 0 Å². The first-order valence-electron chi connectivity index (χ1n) is 9.80. The molecule has 2 aromatic heterocycles. The molecule has 0 bridgehead atoms. The SMILES string of the molecule is CCCOc1cccc(C2c3c(oc4ccc(Cl)cc4c3=O)C(=O)N2c2nccs2)c1. The number of carbonyl (C=O) groups excluding carboxylic acids is 1. The van der Waals surface area contributed by atoms with Crippen molar-refractivity contribution in [1.82, 2.24) is 4.98 Å². The highest BCUT2D eigenvalue weighted by Crippen LogP contribution is 2.42. The normalized spacial score (nSPS) is 15.5. The fourth-order valence-corrected chi connectivity index (χ4v) is 4.63. The Hall–Kier alpha value is -3.16. The van der Waals surface area contributed by atoms with Gasteiger partial charge in [0.25, 0.3) is 5.91 Å². The lowest BCUT2D eigenvalue weighted by atomic mass is 9.98. The smallest absolute Gasteiger partial charge is 0.297 e. The Morgan fingerprint density at radius 2 is 2.10 bits per heavy atom. The van der Waals surface area contributed by atoms with Crippen molar-refractivity contribution in [3.63, 3.8) is 0 Å². The van der Waals surface area contributed by atoms with Gasteiger partial charge in [0.1, 0.15) is 11.3 Å². The number of benzene rings is 2. The van der Waals surface area contributed by atoms with E-state index < -0.39 is 11.9 Å². The molecule has 1 aliphatic rings. The topological polar surface area (TPSA) is 72.6 Å². The van der Waals surface area contributed by atoms with Gasteiger partial charge in [-0.25, -0.2) is 4.98 Å². The van der Waals surface area contributed by atoms with Crippen LogP contribution in [0.15, 0.2) is 63.3 Å². The number of carbonyl (C=O) groups is 1. The second-order valence-electron chi connectivity index (χ2n) is 7.13. The van der Waals surface area contributed by atoms with Crippen LogP contribution in [-0.4, -0.2) is 17.5 Å². The van der Waals surface area contributed by atoms with Crippen LogP contribution in [0.2, 0.25) is 5.02 Å². The molecule has 0 spiro atoms. The molecule has 31 heavy (non-hydrogen) atoms. The zero-order valence-electron chi connectivity index (χ0n) is 16.5. The molecule has 0 saturated carbocycles. The van der Waals surface area contributed by atoms with Crippen LogP contribution in [0.3, 0.4) is 0 Å². The van der Waals surface area contributed by atoms with Crippen molar-refractivity contribution < 1.29 is 13.9 Å². The third kappa shape index (κ3) is 3.30. The van der Waals surface area contributed by atoms with Gasteiger partial charge >= 0.3 is 0 Å². The second kappa shape index (κ2) is 7.83. The summed E-state index contributed by atoms with van der Waals surface area (Å²) < 4.78 is 11.7. The average Bonchev–Trinajstić information content (AvgIpc) is 3.40. The number of thiazole rings is 1. The Kier molecular flexibility index (Phi) is 5.00. The standard InChI is InChI=1S/C23H17ClN2O4S/c1-2-9-29-15-5-3-4-13(11-15)19-18-20(27)16-12-14(24)6-7-17(16)30-21(18)22(28)26(19)23-25-8-10-31-23/h3-8,10-12,19H,2,9H2,1H3. The molecule has 0 fully saturated rings. The van der Waals surface area contributed by atoms with E-state index in [0.717, 1.165) is 12.0 Å². The quantitative estimate of drug-likeness (QED) is 0.403. The summed E-state index contributed by atoms with van der Waals surface area (Å²) >= 11 is 7.44. The molecule has 0 saturated heterocycles. The summed E-state index contributed by atoms with van der Waals surface area (Å²) in [5, 5.41) is 3.04. The van der Waals surface area contributed by atoms with Crippen molar-refractivity contribution in [3.05, 3.63) is 86.2 Å². The van der Waals surface area contributed by atoms with E-state index in [-0.39, 0.29) is 16.8 Å². The predicted octanol–water partition coefficient (Wildman–Crippen LogP) is 5.44. The van der Waals surface area contributed by atoms with Gasteiger partial charge < -0.3 is 9.15 Å². The number of hydrogen-bond acceptors (Lipinski definition) is 6. The fourth-order valence-electron chi connectivity index (χ4n) is 3.79. The summed E-state index contributed by atoms with van der Waals surface area (Å²) in [6.07, 6.45) is 2.50. The number of halogens is 1. The number of amides is 1. The van der Waals surface area contributed by atoms with Crippen molar-refractivity contribution in [2.75, 3.05) is 11.5 Å². The van der Waals surface area contributed by atoms with Gasteiger partial charge in [0.2, 0.25) is 5.76 Å². The van der Waals surface area contributed by atoms with Crippen LogP contribution in [0.4, 0.5) is 5.13 Å².